The van der Waals surface area contributed by atoms with Crippen molar-refractivity contribution in [3.05, 3.63) is 0 Å². The number of phosphoric ester groups is 1. The number of hydrogen-bond acceptors (Lipinski definition) is 4. The Labute approximate surface area is 127 Å². The fourth-order valence-corrected chi connectivity index (χ4v) is 2.12. The van der Waals surface area contributed by atoms with Crippen molar-refractivity contribution in [2.45, 2.75) is 71.1 Å². The minimum Gasteiger partial charge on any atom is -0.790 e. The summed E-state index contributed by atoms with van der Waals surface area (Å²) in [5.41, 5.74) is 0. The summed E-state index contributed by atoms with van der Waals surface area (Å²) in [6.45, 7) is 2.26. The van der Waals surface area contributed by atoms with Crippen LogP contribution in [-0.4, -0.2) is 6.61 Å². The number of hydrogen-bond donors (Lipinski definition) is 0. The molecule has 0 aliphatic rings. The van der Waals surface area contributed by atoms with E-state index < -0.39 is 7.82 Å². The van der Waals surface area contributed by atoms with E-state index in [1.807, 2.05) is 0 Å². The molecule has 0 aromatic carbocycles. The molecule has 0 aromatic rings. The molecule has 0 bridgehead atoms. The third kappa shape index (κ3) is 19.2. The van der Waals surface area contributed by atoms with Crippen LogP contribution in [0.1, 0.15) is 71.1 Å². The van der Waals surface area contributed by atoms with Gasteiger partial charge in [0.15, 0.2) is 0 Å². The van der Waals surface area contributed by atoms with Crippen LogP contribution in [0.25, 0.3) is 0 Å². The zero-order chi connectivity index (χ0) is 13.0. The van der Waals surface area contributed by atoms with Gasteiger partial charge in [-0.05, 0) is 6.42 Å². The summed E-state index contributed by atoms with van der Waals surface area (Å²) in [4.78, 5) is 20.3. The van der Waals surface area contributed by atoms with Crippen molar-refractivity contribution < 1.29 is 41.3 Å². The third-order valence-electron chi connectivity index (χ3n) is 2.75. The first-order chi connectivity index (χ1) is 8.06. The molecule has 18 heavy (non-hydrogen) atoms. The minimum absolute atomic E-state index is 0. The van der Waals surface area contributed by atoms with Crippen LogP contribution in [0.15, 0.2) is 0 Å². The summed E-state index contributed by atoms with van der Waals surface area (Å²) in [5, 5.41) is 0. The van der Waals surface area contributed by atoms with E-state index in [4.69, 9.17) is 0 Å². The topological polar surface area (TPSA) is 72.4 Å². The number of unbranched alkanes of at least 4 members (excludes halogenated alkanes) is 9. The average Bonchev–Trinajstić information content (AvgIpc) is 2.24. The molecule has 113 valence electrons. The van der Waals surface area contributed by atoms with Crippen LogP contribution < -0.4 is 9.79 Å². The van der Waals surface area contributed by atoms with Crippen molar-refractivity contribution >= 4 is 7.82 Å². The molecule has 0 heterocycles. The zero-order valence-electron chi connectivity index (χ0n) is 11.2. The van der Waals surface area contributed by atoms with Crippen LogP contribution in [0.3, 0.4) is 0 Å². The molecule has 6 heteroatoms. The number of rotatable bonds is 12. The molecule has 0 aliphatic heterocycles. The molecule has 0 rings (SSSR count). The molecule has 0 aliphatic carbocycles. The minimum atomic E-state index is -4.74. The Morgan fingerprint density at radius 3 is 1.61 bits per heavy atom. The third-order valence-corrected chi connectivity index (χ3v) is 3.25. The molecule has 0 aromatic heterocycles. The fraction of sp³-hybridized carbons (Fsp3) is 1.00. The van der Waals surface area contributed by atoms with Gasteiger partial charge in [0.05, 0.1) is 14.4 Å². The maximum Gasteiger partial charge on any atom is 2.00 e. The van der Waals surface area contributed by atoms with Crippen molar-refractivity contribution in [3.63, 3.8) is 0 Å². The molecule has 4 nitrogen and oxygen atoms in total. The van der Waals surface area contributed by atoms with Gasteiger partial charge in [0, 0.05) is 0 Å². The second-order valence-corrected chi connectivity index (χ2v) is 5.62. The molecule has 0 saturated heterocycles. The van der Waals surface area contributed by atoms with Gasteiger partial charge >= 0.3 is 22.4 Å². The summed E-state index contributed by atoms with van der Waals surface area (Å²) in [7, 11) is -4.74. The Hall–Kier alpha value is 0.850. The van der Waals surface area contributed by atoms with Gasteiger partial charge in [-0.2, -0.15) is 0 Å². The van der Waals surface area contributed by atoms with Crippen molar-refractivity contribution in [1.29, 1.82) is 0 Å². The summed E-state index contributed by atoms with van der Waals surface area (Å²) in [6, 6.07) is 0. The van der Waals surface area contributed by atoms with Crippen molar-refractivity contribution in [2.75, 3.05) is 6.61 Å². The van der Waals surface area contributed by atoms with Crippen LogP contribution in [0, 0.1) is 0 Å². The van der Waals surface area contributed by atoms with Gasteiger partial charge in [-0.15, -0.1) is 0 Å². The molecule has 0 fully saturated rings. The Morgan fingerprint density at radius 1 is 0.833 bits per heavy atom. The second-order valence-electron chi connectivity index (χ2n) is 4.46. The van der Waals surface area contributed by atoms with Gasteiger partial charge in [0.25, 0.3) is 0 Å². The summed E-state index contributed by atoms with van der Waals surface area (Å²) in [5.74, 6) is 0. The molecule has 0 N–H and O–H groups in total. The van der Waals surface area contributed by atoms with Crippen LogP contribution in [-0.2, 0) is 31.5 Å². The normalized spacial score (nSPS) is 11.3. The molecule has 0 unspecified atom stereocenters. The van der Waals surface area contributed by atoms with Gasteiger partial charge in [0.1, 0.15) is 0 Å². The monoisotopic (exact) mass is 371 g/mol. The van der Waals surface area contributed by atoms with Gasteiger partial charge < -0.3 is 18.9 Å². The first kappa shape index (κ1) is 21.2. The quantitative estimate of drug-likeness (QED) is 0.300. The standard InChI is InChI=1S/C12H27O4P.Ag/c1-2-3-4-5-6-7-8-9-10-11-12-16-17(13,14)15;/h2-12H2,1H3,(H2,13,14,15);/q;+2/p-2. The maximum absolute atomic E-state index is 10.1. The van der Waals surface area contributed by atoms with Gasteiger partial charge in [-0.1, -0.05) is 64.7 Å². The van der Waals surface area contributed by atoms with E-state index in [1.165, 1.54) is 44.9 Å². The molecule has 0 spiro atoms. The first-order valence-electron chi connectivity index (χ1n) is 6.73. The average molecular weight is 372 g/mol. The van der Waals surface area contributed by atoms with E-state index in [1.54, 1.807) is 0 Å². The molecule has 0 atom stereocenters. The van der Waals surface area contributed by atoms with Crippen molar-refractivity contribution in [2.24, 2.45) is 0 Å². The summed E-state index contributed by atoms with van der Waals surface area (Å²) >= 11 is 0. The Bertz CT molecular complexity index is 208. The van der Waals surface area contributed by atoms with E-state index in [0.717, 1.165) is 12.8 Å². The smallest absolute Gasteiger partial charge is 0.790 e. The number of phosphoric acid groups is 1. The predicted octanol–water partition coefficient (Wildman–Crippen LogP) is 2.75. The van der Waals surface area contributed by atoms with Crippen LogP contribution in [0.4, 0.5) is 0 Å². The molecule has 0 amide bonds. The van der Waals surface area contributed by atoms with Crippen LogP contribution in [0.2, 0.25) is 0 Å². The van der Waals surface area contributed by atoms with Gasteiger partial charge in [0.2, 0.25) is 0 Å². The maximum atomic E-state index is 10.1. The van der Waals surface area contributed by atoms with E-state index in [0.29, 0.717) is 6.42 Å². The van der Waals surface area contributed by atoms with Crippen molar-refractivity contribution in [3.8, 4) is 0 Å². The Morgan fingerprint density at radius 2 is 1.22 bits per heavy atom. The Balaban J connectivity index is 0. The summed E-state index contributed by atoms with van der Waals surface area (Å²) in [6.07, 6.45) is 11.7. The first-order valence-corrected chi connectivity index (χ1v) is 8.19. The summed E-state index contributed by atoms with van der Waals surface area (Å²) < 4.78 is 14.3. The SMILES string of the molecule is CCCCCCCCCCCCOP(=O)([O-])[O-].[Ag+2]. The van der Waals surface area contributed by atoms with E-state index in [-0.39, 0.29) is 29.0 Å². The van der Waals surface area contributed by atoms with Crippen molar-refractivity contribution in [1.82, 2.24) is 0 Å². The zero-order valence-corrected chi connectivity index (χ0v) is 13.5. The molecular formula is C12H25AgO4P. The van der Waals surface area contributed by atoms with E-state index in [9.17, 15) is 14.4 Å². The van der Waals surface area contributed by atoms with Gasteiger partial charge in [-0.3, -0.25) is 0 Å². The molecule has 1 radical (unpaired) electrons. The fourth-order valence-electron chi connectivity index (χ4n) is 1.77. The Kier molecular flexibility index (Phi) is 16.8. The van der Waals surface area contributed by atoms with E-state index in [2.05, 4.69) is 11.4 Å². The van der Waals surface area contributed by atoms with Crippen LogP contribution >= 0.6 is 7.82 Å². The molecular weight excluding hydrogens is 347 g/mol. The largest absolute Gasteiger partial charge is 2.00 e. The van der Waals surface area contributed by atoms with Crippen LogP contribution in [0.5, 0.6) is 0 Å². The van der Waals surface area contributed by atoms with Gasteiger partial charge in [-0.25, -0.2) is 0 Å². The molecule has 0 saturated carbocycles. The second kappa shape index (κ2) is 14.3. The van der Waals surface area contributed by atoms with E-state index >= 15 is 0 Å². The predicted molar refractivity (Wildman–Crippen MR) is 65.4 cm³/mol.